The minimum absolute atomic E-state index is 0.00481. The maximum atomic E-state index is 14.1. The van der Waals surface area contributed by atoms with Gasteiger partial charge >= 0.3 is 12.3 Å². The summed E-state index contributed by atoms with van der Waals surface area (Å²) in [6, 6.07) is 2.74. The lowest BCUT2D eigenvalue weighted by Crippen LogP contribution is -2.59. The Balaban J connectivity index is 0.879. The van der Waals surface area contributed by atoms with Gasteiger partial charge in [-0.3, -0.25) is 14.4 Å². The Bertz CT molecular complexity index is 1990. The van der Waals surface area contributed by atoms with Crippen LogP contribution in [0.15, 0.2) is 24.5 Å². The van der Waals surface area contributed by atoms with Crippen LogP contribution < -0.4 is 21.3 Å². The van der Waals surface area contributed by atoms with Crippen LogP contribution in [0.3, 0.4) is 0 Å². The van der Waals surface area contributed by atoms with Crippen LogP contribution in [0.25, 0.3) is 10.9 Å². The van der Waals surface area contributed by atoms with E-state index < -0.39 is 23.4 Å². The highest BCUT2D eigenvalue weighted by Gasteiger charge is 2.45. The first-order valence-corrected chi connectivity index (χ1v) is 24.2. The number of likely N-dealkylation sites (tertiary alicyclic amines) is 2. The van der Waals surface area contributed by atoms with E-state index in [0.717, 1.165) is 89.6 Å². The number of carbonyl (C=O) groups is 4. The summed E-state index contributed by atoms with van der Waals surface area (Å²) in [5.41, 5.74) is -0.688. The number of alkyl carbamates (subject to hydrolysis) is 1. The first-order chi connectivity index (χ1) is 30.8. The Labute approximate surface area is 382 Å². The van der Waals surface area contributed by atoms with E-state index in [1.165, 1.54) is 12.4 Å². The number of anilines is 1. The quantitative estimate of drug-likeness (QED) is 0.177. The molecule has 3 aliphatic carbocycles. The number of hydrogen-bond acceptors (Lipinski definition) is 10. The molecule has 3 heterocycles. The van der Waals surface area contributed by atoms with Gasteiger partial charge in [-0.15, -0.1) is 0 Å². The molecule has 2 saturated heterocycles. The van der Waals surface area contributed by atoms with Crippen LogP contribution in [-0.4, -0.2) is 130 Å². The molecule has 360 valence electrons. The van der Waals surface area contributed by atoms with Crippen LogP contribution in [0.4, 0.5) is 23.8 Å². The van der Waals surface area contributed by atoms with Gasteiger partial charge in [0.1, 0.15) is 23.8 Å². The zero-order valence-corrected chi connectivity index (χ0v) is 39.3. The second-order valence-electron chi connectivity index (χ2n) is 21.0. The van der Waals surface area contributed by atoms with Crippen molar-refractivity contribution in [3.63, 3.8) is 0 Å². The third-order valence-corrected chi connectivity index (χ3v) is 15.3. The van der Waals surface area contributed by atoms with Crippen molar-refractivity contribution < 1.29 is 37.1 Å². The fraction of sp³-hybridized carbons (Fsp3) is 0.750. The zero-order chi connectivity index (χ0) is 46.7. The topological polar surface area (TPSA) is 161 Å². The van der Waals surface area contributed by atoms with Crippen LogP contribution in [0.1, 0.15) is 130 Å². The summed E-state index contributed by atoms with van der Waals surface area (Å²) in [7, 11) is 2.11. The van der Waals surface area contributed by atoms with Crippen molar-refractivity contribution in [2.75, 3.05) is 45.1 Å². The number of halogens is 3. The van der Waals surface area contributed by atoms with Gasteiger partial charge in [-0.05, 0) is 168 Å². The summed E-state index contributed by atoms with van der Waals surface area (Å²) in [5.74, 6) is 0.00413. The lowest BCUT2D eigenvalue weighted by atomic mass is 9.65. The maximum Gasteiger partial charge on any atom is 0.416 e. The second kappa shape index (κ2) is 20.3. The molecular formula is C48H72F3N9O5. The molecule has 2 aliphatic heterocycles. The third-order valence-electron chi connectivity index (χ3n) is 15.3. The molecule has 5 fully saturated rings. The molecule has 0 radical (unpaired) electrons. The molecule has 4 N–H and O–H groups in total. The predicted octanol–water partition coefficient (Wildman–Crippen LogP) is 6.88. The van der Waals surface area contributed by atoms with Crippen molar-refractivity contribution >= 4 is 40.5 Å². The monoisotopic (exact) mass is 912 g/mol. The average molecular weight is 912 g/mol. The minimum atomic E-state index is -4.54. The number of ether oxygens (including phenoxy) is 1. The number of fused-ring (bicyclic) bond motifs is 1. The zero-order valence-electron chi connectivity index (χ0n) is 39.3. The van der Waals surface area contributed by atoms with Crippen LogP contribution in [0, 0.1) is 17.3 Å². The van der Waals surface area contributed by atoms with Gasteiger partial charge in [0.15, 0.2) is 0 Å². The van der Waals surface area contributed by atoms with Crippen molar-refractivity contribution in [3.8, 4) is 0 Å². The third kappa shape index (κ3) is 12.2. The highest BCUT2D eigenvalue weighted by atomic mass is 19.4. The normalized spacial score (nSPS) is 27.0. The molecule has 1 spiro atoms. The summed E-state index contributed by atoms with van der Waals surface area (Å²) in [4.78, 5) is 68.7. The van der Waals surface area contributed by atoms with E-state index in [0.29, 0.717) is 62.2 Å². The lowest BCUT2D eigenvalue weighted by molar-refractivity contribution is -0.137. The molecule has 5 aliphatic rings. The van der Waals surface area contributed by atoms with Crippen LogP contribution in [0.2, 0.25) is 0 Å². The number of amides is 4. The molecule has 14 nitrogen and oxygen atoms in total. The number of aromatic nitrogens is 2. The van der Waals surface area contributed by atoms with E-state index in [9.17, 15) is 32.3 Å². The highest BCUT2D eigenvalue weighted by Crippen LogP contribution is 2.46. The van der Waals surface area contributed by atoms with Crippen molar-refractivity contribution in [1.29, 1.82) is 0 Å². The Morgan fingerprint density at radius 3 is 2.22 bits per heavy atom. The molecule has 4 amide bonds. The van der Waals surface area contributed by atoms with Gasteiger partial charge in [-0.25, -0.2) is 14.8 Å². The first kappa shape index (κ1) is 48.7. The molecule has 0 bridgehead atoms. The standard InChI is InChI=1S/C48H72F3N9O5/c1-30(2)58(6)35-12-14-40(60-23-17-38(44(60)63)56-41-36-27-33(48(49,50)51)9-13-37(36)53-29-54-41)39(28-35)57-43(62)31-7-10-34(11-8-31)55-42(61)32-15-18-47(19-16-32)20-24-59(25-21-47)26-22-52-45(64)65-46(3,4)5/h9,13,27,29-32,34-35,38-40H,7-8,10-12,14-26,28H2,1-6H3,(H,52,64)(H,55,61)(H,57,62)(H,53,54,56)/t31?,34?,35-,38+,39-,40+/m1/s1. The first-order valence-electron chi connectivity index (χ1n) is 24.2. The maximum absolute atomic E-state index is 14.1. The molecule has 3 saturated carbocycles. The van der Waals surface area contributed by atoms with Gasteiger partial charge < -0.3 is 40.7 Å². The van der Waals surface area contributed by atoms with Gasteiger partial charge in [0.25, 0.3) is 0 Å². The van der Waals surface area contributed by atoms with Gasteiger partial charge in [0, 0.05) is 55.0 Å². The van der Waals surface area contributed by atoms with Crippen LogP contribution in [-0.2, 0) is 25.3 Å². The van der Waals surface area contributed by atoms with Crippen LogP contribution in [0.5, 0.6) is 0 Å². The molecule has 1 aromatic carbocycles. The van der Waals surface area contributed by atoms with Crippen LogP contribution >= 0.6 is 0 Å². The number of benzene rings is 1. The second-order valence-corrected chi connectivity index (χ2v) is 21.0. The molecule has 65 heavy (non-hydrogen) atoms. The largest absolute Gasteiger partial charge is 0.444 e. The number of carbonyl (C=O) groups excluding carboxylic acids is 4. The molecule has 1 aromatic heterocycles. The van der Waals surface area contributed by atoms with Gasteiger partial charge in [0.05, 0.1) is 23.2 Å². The van der Waals surface area contributed by atoms with Gasteiger partial charge in [-0.1, -0.05) is 0 Å². The van der Waals surface area contributed by atoms with Gasteiger partial charge in [-0.2, -0.15) is 13.2 Å². The molecular weight excluding hydrogens is 840 g/mol. The number of hydrogen-bond donors (Lipinski definition) is 4. The number of nitrogens with zero attached hydrogens (tertiary/aromatic N) is 5. The summed E-state index contributed by atoms with van der Waals surface area (Å²) >= 11 is 0. The Morgan fingerprint density at radius 1 is 0.877 bits per heavy atom. The Kier molecular flexibility index (Phi) is 15.2. The van der Waals surface area contributed by atoms with Crippen molar-refractivity contribution in [3.05, 3.63) is 30.1 Å². The highest BCUT2D eigenvalue weighted by molar-refractivity contribution is 5.93. The van der Waals surface area contributed by atoms with Gasteiger partial charge in [0.2, 0.25) is 17.7 Å². The Hall–Kier alpha value is -4.25. The van der Waals surface area contributed by atoms with E-state index in [-0.39, 0.29) is 71.0 Å². The van der Waals surface area contributed by atoms with E-state index in [4.69, 9.17) is 4.74 Å². The van der Waals surface area contributed by atoms with E-state index in [1.54, 1.807) is 0 Å². The van der Waals surface area contributed by atoms with Crippen molar-refractivity contribution in [2.45, 2.75) is 173 Å². The molecule has 17 heteroatoms. The molecule has 7 rings (SSSR count). The van der Waals surface area contributed by atoms with E-state index >= 15 is 0 Å². The number of nitrogens with one attached hydrogen (secondary N) is 4. The minimum Gasteiger partial charge on any atom is -0.444 e. The van der Waals surface area contributed by atoms with Crippen molar-refractivity contribution in [1.82, 2.24) is 40.6 Å². The van der Waals surface area contributed by atoms with Crippen molar-refractivity contribution in [2.24, 2.45) is 17.3 Å². The average Bonchev–Trinajstić information content (AvgIpc) is 3.62. The summed E-state index contributed by atoms with van der Waals surface area (Å²) < 4.78 is 46.1. The summed E-state index contributed by atoms with van der Waals surface area (Å²) in [6.45, 7) is 13.7. The molecule has 4 atom stereocenters. The van der Waals surface area contributed by atoms with E-state index in [2.05, 4.69) is 61.9 Å². The Morgan fingerprint density at radius 2 is 1.55 bits per heavy atom. The predicted molar refractivity (Wildman–Crippen MR) is 243 cm³/mol. The summed E-state index contributed by atoms with van der Waals surface area (Å²) in [5, 5.41) is 13.0. The lowest BCUT2D eigenvalue weighted by Gasteiger charge is -2.46. The number of piperidine rings is 1. The fourth-order valence-electron chi connectivity index (χ4n) is 11.1. The molecule has 0 unspecified atom stereocenters. The number of rotatable bonds is 12. The fourth-order valence-corrected chi connectivity index (χ4v) is 11.1. The molecule has 2 aromatic rings. The SMILES string of the molecule is CC(C)N(C)[C@@H]1CC[C@H](N2CC[C@H](Nc3ncnc4ccc(C(F)(F)F)cc34)C2=O)[C@H](NC(=O)C2CCC(NC(=O)C3CCC4(CC3)CCN(CCNC(=O)OC(C)(C)C)CC4)CC2)C1. The number of alkyl halides is 3. The van der Waals surface area contributed by atoms with E-state index in [1.807, 2.05) is 25.7 Å². The smallest absolute Gasteiger partial charge is 0.416 e. The summed E-state index contributed by atoms with van der Waals surface area (Å²) in [6.07, 6.45) is 8.08.